The second kappa shape index (κ2) is 6.53. The molecule has 0 aliphatic heterocycles. The van der Waals surface area contributed by atoms with Crippen molar-refractivity contribution in [2.45, 2.75) is 13.0 Å². The highest BCUT2D eigenvalue weighted by molar-refractivity contribution is 9.10. The van der Waals surface area contributed by atoms with Gasteiger partial charge in [0, 0.05) is 32.9 Å². The molecule has 0 aliphatic carbocycles. The molecule has 0 spiro atoms. The zero-order chi connectivity index (χ0) is 14.6. The minimum absolute atomic E-state index is 0.0100. The molecule has 0 aliphatic rings. The predicted molar refractivity (Wildman–Crippen MR) is 77.0 cm³/mol. The van der Waals surface area contributed by atoms with E-state index in [4.69, 9.17) is 4.74 Å². The van der Waals surface area contributed by atoms with Gasteiger partial charge in [-0.3, -0.25) is 4.79 Å². The quantitative estimate of drug-likeness (QED) is 0.762. The average molecular weight is 353 g/mol. The maximum absolute atomic E-state index is 11.7. The van der Waals surface area contributed by atoms with E-state index in [-0.39, 0.29) is 11.3 Å². The highest BCUT2D eigenvalue weighted by atomic mass is 79.9. The van der Waals surface area contributed by atoms with E-state index in [2.05, 4.69) is 15.9 Å². The SMILES string of the molecule is COc1cc(=O)n(CCCS(=O)(=O)N(C)C)cc1Br. The first-order valence-corrected chi connectivity index (χ1v) is 8.02. The van der Waals surface area contributed by atoms with E-state index < -0.39 is 10.0 Å². The van der Waals surface area contributed by atoms with Gasteiger partial charge in [0.1, 0.15) is 5.75 Å². The van der Waals surface area contributed by atoms with Crippen molar-refractivity contribution in [3.63, 3.8) is 0 Å². The summed E-state index contributed by atoms with van der Waals surface area (Å²) in [7, 11) is 1.24. The molecule has 108 valence electrons. The van der Waals surface area contributed by atoms with E-state index in [0.717, 1.165) is 0 Å². The van der Waals surface area contributed by atoms with E-state index in [9.17, 15) is 13.2 Å². The number of aryl methyl sites for hydroxylation is 1. The van der Waals surface area contributed by atoms with Gasteiger partial charge in [-0.15, -0.1) is 0 Å². The summed E-state index contributed by atoms with van der Waals surface area (Å²) < 4.78 is 31.5. The standard InChI is InChI=1S/C11H17BrN2O4S/c1-13(2)19(16,17)6-4-5-14-8-9(12)10(18-3)7-11(14)15/h7-8H,4-6H2,1-3H3. The molecule has 19 heavy (non-hydrogen) atoms. The predicted octanol–water partition coefficient (Wildman–Crippen LogP) is 0.901. The van der Waals surface area contributed by atoms with E-state index in [1.807, 2.05) is 0 Å². The van der Waals surface area contributed by atoms with E-state index in [1.165, 1.54) is 36.1 Å². The molecule has 8 heteroatoms. The number of rotatable bonds is 6. The molecule has 0 aromatic carbocycles. The summed E-state index contributed by atoms with van der Waals surface area (Å²) in [5.74, 6) is 0.470. The summed E-state index contributed by atoms with van der Waals surface area (Å²) >= 11 is 3.28. The highest BCUT2D eigenvalue weighted by Crippen LogP contribution is 2.21. The molecule has 0 atom stereocenters. The highest BCUT2D eigenvalue weighted by Gasteiger charge is 2.13. The van der Waals surface area contributed by atoms with Crippen LogP contribution < -0.4 is 10.3 Å². The fraction of sp³-hybridized carbons (Fsp3) is 0.545. The first-order valence-electron chi connectivity index (χ1n) is 5.62. The Balaban J connectivity index is 2.75. The minimum Gasteiger partial charge on any atom is -0.495 e. The van der Waals surface area contributed by atoms with Crippen molar-refractivity contribution >= 4 is 26.0 Å². The second-order valence-electron chi connectivity index (χ2n) is 4.17. The lowest BCUT2D eigenvalue weighted by atomic mass is 10.4. The Bertz CT molecular complexity index is 595. The van der Waals surface area contributed by atoms with Gasteiger partial charge in [-0.25, -0.2) is 12.7 Å². The fourth-order valence-electron chi connectivity index (χ4n) is 1.46. The van der Waals surface area contributed by atoms with Gasteiger partial charge >= 0.3 is 0 Å². The number of nitrogens with zero attached hydrogens (tertiary/aromatic N) is 2. The van der Waals surface area contributed by atoms with Crippen molar-refractivity contribution in [2.75, 3.05) is 27.0 Å². The zero-order valence-corrected chi connectivity index (χ0v) is 13.5. The number of hydrogen-bond acceptors (Lipinski definition) is 4. The molecule has 0 amide bonds. The van der Waals surface area contributed by atoms with Crippen molar-refractivity contribution in [2.24, 2.45) is 0 Å². The third kappa shape index (κ3) is 4.32. The molecule has 0 saturated heterocycles. The van der Waals surface area contributed by atoms with Crippen LogP contribution in [0.2, 0.25) is 0 Å². The largest absolute Gasteiger partial charge is 0.495 e. The minimum atomic E-state index is -3.22. The lowest BCUT2D eigenvalue weighted by Crippen LogP contribution is -2.27. The van der Waals surface area contributed by atoms with Gasteiger partial charge in [0.2, 0.25) is 10.0 Å². The molecule has 1 aromatic rings. The number of methoxy groups -OCH3 is 1. The van der Waals surface area contributed by atoms with E-state index >= 15 is 0 Å². The summed E-state index contributed by atoms with van der Waals surface area (Å²) in [6.45, 7) is 0.342. The molecule has 0 bridgehead atoms. The van der Waals surface area contributed by atoms with Crippen molar-refractivity contribution < 1.29 is 13.2 Å². The number of sulfonamides is 1. The maximum Gasteiger partial charge on any atom is 0.254 e. The van der Waals surface area contributed by atoms with Crippen LogP contribution in [-0.4, -0.2) is 44.2 Å². The lowest BCUT2D eigenvalue weighted by Gasteiger charge is -2.12. The topological polar surface area (TPSA) is 68.6 Å². The smallest absolute Gasteiger partial charge is 0.254 e. The first-order chi connectivity index (χ1) is 8.77. The van der Waals surface area contributed by atoms with Crippen LogP contribution in [0.3, 0.4) is 0 Å². The Morgan fingerprint density at radius 2 is 2.05 bits per heavy atom. The first kappa shape index (κ1) is 16.2. The van der Waals surface area contributed by atoms with Crippen LogP contribution in [0.15, 0.2) is 21.5 Å². The van der Waals surface area contributed by atoms with Crippen LogP contribution in [-0.2, 0) is 16.6 Å². The van der Waals surface area contributed by atoms with E-state index in [1.54, 1.807) is 6.20 Å². The molecule has 1 rings (SSSR count). The number of pyridine rings is 1. The van der Waals surface area contributed by atoms with Crippen LogP contribution in [0.5, 0.6) is 5.75 Å². The van der Waals surface area contributed by atoms with Crippen molar-refractivity contribution in [1.82, 2.24) is 8.87 Å². The van der Waals surface area contributed by atoms with Crippen LogP contribution >= 0.6 is 15.9 Å². The summed E-state index contributed by atoms with van der Waals surface area (Å²) in [6, 6.07) is 1.37. The molecule has 0 unspecified atom stereocenters. The molecular weight excluding hydrogens is 336 g/mol. The van der Waals surface area contributed by atoms with Gasteiger partial charge in [0.05, 0.1) is 17.3 Å². The van der Waals surface area contributed by atoms with Gasteiger partial charge in [-0.05, 0) is 22.4 Å². The number of aromatic nitrogens is 1. The summed E-state index contributed by atoms with van der Waals surface area (Å²) in [6.07, 6.45) is 1.97. The van der Waals surface area contributed by atoms with Crippen LogP contribution in [0.4, 0.5) is 0 Å². The van der Waals surface area contributed by atoms with Crippen LogP contribution in [0.1, 0.15) is 6.42 Å². The summed E-state index contributed by atoms with van der Waals surface area (Å²) in [5, 5.41) is 0. The normalized spacial score (nSPS) is 11.8. The zero-order valence-electron chi connectivity index (χ0n) is 11.1. The summed E-state index contributed by atoms with van der Waals surface area (Å²) in [5.41, 5.74) is -0.220. The number of ether oxygens (including phenoxy) is 1. The molecule has 0 saturated carbocycles. The second-order valence-corrected chi connectivity index (χ2v) is 7.33. The van der Waals surface area contributed by atoms with Crippen LogP contribution in [0, 0.1) is 0 Å². The third-order valence-electron chi connectivity index (χ3n) is 2.62. The Morgan fingerprint density at radius 1 is 1.42 bits per heavy atom. The van der Waals surface area contributed by atoms with Crippen molar-refractivity contribution in [3.8, 4) is 5.75 Å². The van der Waals surface area contributed by atoms with Gasteiger partial charge < -0.3 is 9.30 Å². The summed E-state index contributed by atoms with van der Waals surface area (Å²) in [4.78, 5) is 11.7. The third-order valence-corrected chi connectivity index (χ3v) is 5.13. The Morgan fingerprint density at radius 3 is 2.58 bits per heavy atom. The van der Waals surface area contributed by atoms with Gasteiger partial charge in [0.15, 0.2) is 0 Å². The van der Waals surface area contributed by atoms with Gasteiger partial charge in [-0.2, -0.15) is 0 Å². The Labute approximate surface area is 121 Å². The molecule has 1 heterocycles. The maximum atomic E-state index is 11.7. The van der Waals surface area contributed by atoms with Crippen molar-refractivity contribution in [3.05, 3.63) is 27.1 Å². The average Bonchev–Trinajstić information content (AvgIpc) is 2.32. The molecule has 1 aromatic heterocycles. The molecule has 6 nitrogen and oxygen atoms in total. The molecule has 0 radical (unpaired) electrons. The number of halogens is 1. The molecule has 0 fully saturated rings. The Hall–Kier alpha value is -0.860. The monoisotopic (exact) mass is 352 g/mol. The van der Waals surface area contributed by atoms with Crippen molar-refractivity contribution in [1.29, 1.82) is 0 Å². The van der Waals surface area contributed by atoms with E-state index in [0.29, 0.717) is 23.2 Å². The molecule has 0 N–H and O–H groups in total. The van der Waals surface area contributed by atoms with Crippen LogP contribution in [0.25, 0.3) is 0 Å². The fourth-order valence-corrected chi connectivity index (χ4v) is 2.84. The van der Waals surface area contributed by atoms with Gasteiger partial charge in [-0.1, -0.05) is 0 Å². The number of hydrogen-bond donors (Lipinski definition) is 0. The molecular formula is C11H17BrN2O4S. The van der Waals surface area contributed by atoms with Gasteiger partial charge in [0.25, 0.3) is 5.56 Å². The Kier molecular flexibility index (Phi) is 5.57. The lowest BCUT2D eigenvalue weighted by molar-refractivity contribution is 0.409.